The first-order valence-corrected chi connectivity index (χ1v) is 8.66. The third-order valence-electron chi connectivity index (χ3n) is 2.72. The zero-order valence-electron chi connectivity index (χ0n) is 12.4. The summed E-state index contributed by atoms with van der Waals surface area (Å²) in [5, 5.41) is 0. The second-order valence-corrected chi connectivity index (χ2v) is 6.52. The number of thioether (sulfide) groups is 1. The maximum atomic E-state index is 13.3. The molecule has 2 aromatic rings. The molecule has 0 saturated carbocycles. The highest BCUT2D eigenvalue weighted by Crippen LogP contribution is 2.20. The molecule has 2 rings (SSSR count). The van der Waals surface area contributed by atoms with Crippen LogP contribution in [0.15, 0.2) is 57.9 Å². The number of amides is 2. The number of nitrogens with one attached hydrogen (secondary N) is 2. The van der Waals surface area contributed by atoms with Crippen LogP contribution in [0.2, 0.25) is 0 Å². The average molecular weight is 413 g/mol. The van der Waals surface area contributed by atoms with Crippen LogP contribution in [0, 0.1) is 5.82 Å². The summed E-state index contributed by atoms with van der Waals surface area (Å²) in [5.41, 5.74) is 4.48. The van der Waals surface area contributed by atoms with Gasteiger partial charge in [0.1, 0.15) is 0 Å². The second-order valence-electron chi connectivity index (χ2n) is 4.56. The monoisotopic (exact) mass is 412 g/mol. The van der Waals surface area contributed by atoms with Crippen molar-refractivity contribution < 1.29 is 18.7 Å². The number of hydrogen-bond acceptors (Lipinski definition) is 4. The molecule has 2 aromatic carbocycles. The second kappa shape index (κ2) is 9.29. The quantitative estimate of drug-likeness (QED) is 0.565. The Kier molecular flexibility index (Phi) is 7.07. The van der Waals surface area contributed by atoms with E-state index < -0.39 is 18.3 Å². The number of hydrogen-bond donors (Lipinski definition) is 2. The van der Waals surface area contributed by atoms with Gasteiger partial charge in [-0.1, -0.05) is 28.1 Å². The van der Waals surface area contributed by atoms with Gasteiger partial charge in [0.2, 0.25) is 5.91 Å². The number of rotatable bonds is 6. The topological polar surface area (TPSA) is 67.4 Å². The van der Waals surface area contributed by atoms with Gasteiger partial charge >= 0.3 is 0 Å². The normalized spacial score (nSPS) is 10.1. The summed E-state index contributed by atoms with van der Waals surface area (Å²) in [6, 6.07) is 13.3. The Balaban J connectivity index is 1.66. The lowest BCUT2D eigenvalue weighted by Crippen LogP contribution is -2.44. The number of benzene rings is 2. The lowest BCUT2D eigenvalue weighted by molar-refractivity contribution is -0.128. The van der Waals surface area contributed by atoms with E-state index in [9.17, 15) is 14.0 Å². The molecule has 24 heavy (non-hydrogen) atoms. The number of halogens is 2. The van der Waals surface area contributed by atoms with Crippen molar-refractivity contribution in [1.82, 2.24) is 10.9 Å². The zero-order chi connectivity index (χ0) is 17.4. The minimum Gasteiger partial charge on any atom is -0.481 e. The molecular formula is C16H14BrFN2O3S. The molecular weight excluding hydrogens is 399 g/mol. The molecule has 0 spiro atoms. The number of ether oxygens (including phenoxy) is 1. The lowest BCUT2D eigenvalue weighted by Gasteiger charge is -2.09. The van der Waals surface area contributed by atoms with E-state index in [4.69, 9.17) is 4.74 Å². The van der Waals surface area contributed by atoms with Crippen LogP contribution in [0.3, 0.4) is 0 Å². The average Bonchev–Trinajstić information content (AvgIpc) is 2.58. The van der Waals surface area contributed by atoms with Crippen molar-refractivity contribution in [2.75, 3.05) is 12.4 Å². The van der Waals surface area contributed by atoms with Crippen LogP contribution in [0.25, 0.3) is 0 Å². The van der Waals surface area contributed by atoms with Crippen molar-refractivity contribution in [1.29, 1.82) is 0 Å². The highest BCUT2D eigenvalue weighted by Gasteiger charge is 2.08. The maximum Gasteiger partial charge on any atom is 0.276 e. The van der Waals surface area contributed by atoms with Gasteiger partial charge in [-0.2, -0.15) is 0 Å². The molecule has 126 valence electrons. The van der Waals surface area contributed by atoms with Crippen molar-refractivity contribution >= 4 is 39.5 Å². The van der Waals surface area contributed by atoms with Gasteiger partial charge in [-0.3, -0.25) is 20.4 Å². The number of hydrazine groups is 1. The fraction of sp³-hybridized carbons (Fsp3) is 0.125. The van der Waals surface area contributed by atoms with Crippen LogP contribution < -0.4 is 15.6 Å². The van der Waals surface area contributed by atoms with Crippen molar-refractivity contribution in [2.24, 2.45) is 0 Å². The van der Waals surface area contributed by atoms with E-state index in [1.165, 1.54) is 30.0 Å². The third-order valence-corrected chi connectivity index (χ3v) is 4.26. The summed E-state index contributed by atoms with van der Waals surface area (Å²) in [7, 11) is 0. The van der Waals surface area contributed by atoms with Crippen LogP contribution >= 0.6 is 27.7 Å². The molecule has 0 atom stereocenters. The van der Waals surface area contributed by atoms with Crippen LogP contribution in [0.5, 0.6) is 5.75 Å². The highest BCUT2D eigenvalue weighted by atomic mass is 79.9. The number of carbonyl (C=O) groups is 2. The molecule has 0 heterocycles. The van der Waals surface area contributed by atoms with E-state index in [1.807, 2.05) is 24.3 Å². The first-order chi connectivity index (χ1) is 11.5. The fourth-order valence-electron chi connectivity index (χ4n) is 1.60. The Bertz CT molecular complexity index is 713. The summed E-state index contributed by atoms with van der Waals surface area (Å²) in [4.78, 5) is 24.2. The molecule has 0 fully saturated rings. The molecule has 5 nitrogen and oxygen atoms in total. The van der Waals surface area contributed by atoms with Gasteiger partial charge in [0.15, 0.2) is 18.2 Å². The summed E-state index contributed by atoms with van der Waals surface area (Å²) in [6.07, 6.45) is 0. The smallest absolute Gasteiger partial charge is 0.276 e. The summed E-state index contributed by atoms with van der Waals surface area (Å²) in [5.74, 6) is -1.37. The van der Waals surface area contributed by atoms with Gasteiger partial charge in [-0.05, 0) is 36.4 Å². The largest absolute Gasteiger partial charge is 0.481 e. The lowest BCUT2D eigenvalue weighted by atomic mass is 10.3. The predicted molar refractivity (Wildman–Crippen MR) is 93.0 cm³/mol. The first-order valence-electron chi connectivity index (χ1n) is 6.88. The standard InChI is InChI=1S/C16H14BrFN2O3S/c17-11-5-7-12(8-6-11)24-10-16(22)20-19-15(21)9-23-14-4-2-1-3-13(14)18/h1-8H,9-10H2,(H,19,21)(H,20,22). The van der Waals surface area contributed by atoms with Gasteiger partial charge in [0.25, 0.3) is 5.91 Å². The Morgan fingerprint density at radius 3 is 2.42 bits per heavy atom. The van der Waals surface area contributed by atoms with Crippen LogP contribution in [0.4, 0.5) is 4.39 Å². The fourth-order valence-corrected chi connectivity index (χ4v) is 2.56. The molecule has 0 aromatic heterocycles. The van der Waals surface area contributed by atoms with Crippen LogP contribution in [-0.2, 0) is 9.59 Å². The van der Waals surface area contributed by atoms with E-state index in [0.29, 0.717) is 0 Å². The molecule has 2 amide bonds. The molecule has 0 unspecified atom stereocenters. The number of para-hydroxylation sites is 1. The third kappa shape index (κ3) is 6.21. The Morgan fingerprint density at radius 1 is 1.04 bits per heavy atom. The molecule has 0 saturated heterocycles. The van der Waals surface area contributed by atoms with Crippen molar-refractivity contribution in [3.8, 4) is 5.75 Å². The van der Waals surface area contributed by atoms with Gasteiger partial charge in [-0.15, -0.1) is 11.8 Å². The minimum atomic E-state index is -0.583. The first kappa shape index (κ1) is 18.3. The molecule has 8 heteroatoms. The molecule has 0 aliphatic heterocycles. The van der Waals surface area contributed by atoms with Gasteiger partial charge in [0.05, 0.1) is 5.75 Å². The minimum absolute atomic E-state index is 0.0234. The zero-order valence-corrected chi connectivity index (χ0v) is 14.8. The Hall–Kier alpha value is -2.06. The highest BCUT2D eigenvalue weighted by molar-refractivity contribution is 9.10. The van der Waals surface area contributed by atoms with E-state index >= 15 is 0 Å². The van der Waals surface area contributed by atoms with Crippen molar-refractivity contribution in [3.63, 3.8) is 0 Å². The van der Waals surface area contributed by atoms with Crippen molar-refractivity contribution in [2.45, 2.75) is 4.90 Å². The van der Waals surface area contributed by atoms with E-state index in [1.54, 1.807) is 6.07 Å². The number of carbonyl (C=O) groups excluding carboxylic acids is 2. The SMILES string of the molecule is O=C(COc1ccccc1F)NNC(=O)CSc1ccc(Br)cc1. The molecule has 0 bridgehead atoms. The Labute approximate surface area is 151 Å². The van der Waals surface area contributed by atoms with Crippen LogP contribution in [-0.4, -0.2) is 24.2 Å². The van der Waals surface area contributed by atoms with E-state index in [0.717, 1.165) is 9.37 Å². The van der Waals surface area contributed by atoms with Gasteiger partial charge in [0, 0.05) is 9.37 Å². The summed E-state index contributed by atoms with van der Waals surface area (Å²) >= 11 is 4.67. The van der Waals surface area contributed by atoms with Crippen LogP contribution in [0.1, 0.15) is 0 Å². The Morgan fingerprint density at radius 2 is 1.71 bits per heavy atom. The summed E-state index contributed by atoms with van der Waals surface area (Å²) in [6.45, 7) is -0.402. The molecule has 0 aliphatic rings. The molecule has 0 radical (unpaired) electrons. The van der Waals surface area contributed by atoms with Gasteiger partial charge < -0.3 is 4.74 Å². The predicted octanol–water partition coefficient (Wildman–Crippen LogP) is 2.91. The van der Waals surface area contributed by atoms with Crippen molar-refractivity contribution in [3.05, 3.63) is 58.8 Å². The molecule has 0 aliphatic carbocycles. The molecule has 2 N–H and O–H groups in total. The maximum absolute atomic E-state index is 13.3. The van der Waals surface area contributed by atoms with E-state index in [-0.39, 0.29) is 17.4 Å². The summed E-state index contributed by atoms with van der Waals surface area (Å²) < 4.78 is 19.3. The van der Waals surface area contributed by atoms with Gasteiger partial charge in [-0.25, -0.2) is 4.39 Å². The van der Waals surface area contributed by atoms with E-state index in [2.05, 4.69) is 26.8 Å².